The van der Waals surface area contributed by atoms with E-state index in [1.807, 2.05) is 4.90 Å². The van der Waals surface area contributed by atoms with Gasteiger partial charge in [-0.15, -0.1) is 24.8 Å². The maximum absolute atomic E-state index is 10.7. The first-order valence-corrected chi connectivity index (χ1v) is 4.76. The summed E-state index contributed by atoms with van der Waals surface area (Å²) >= 11 is 0. The highest BCUT2D eigenvalue weighted by molar-refractivity contribution is 5.85. The summed E-state index contributed by atoms with van der Waals surface area (Å²) in [6, 6.07) is -0.341. The average Bonchev–Trinajstić information content (AvgIpc) is 2.28. The van der Waals surface area contributed by atoms with Crippen LogP contribution in [0, 0.1) is 0 Å². The molecule has 15 heavy (non-hydrogen) atoms. The van der Waals surface area contributed by atoms with Gasteiger partial charge >= 0.3 is 5.97 Å². The van der Waals surface area contributed by atoms with Crippen molar-refractivity contribution in [3.05, 3.63) is 0 Å². The van der Waals surface area contributed by atoms with Crippen LogP contribution in [0.15, 0.2) is 0 Å². The van der Waals surface area contributed by atoms with Crippen LogP contribution in [-0.4, -0.2) is 60.1 Å². The van der Waals surface area contributed by atoms with Crippen molar-refractivity contribution in [1.29, 1.82) is 0 Å². The molecule has 1 atom stereocenters. The minimum absolute atomic E-state index is 0. The molecule has 1 N–H and O–H groups in total. The Morgan fingerprint density at radius 2 is 1.80 bits per heavy atom. The number of carboxylic acid groups (broad SMARTS) is 1. The maximum Gasteiger partial charge on any atom is 0.320 e. The molecule has 4 nitrogen and oxygen atoms in total. The summed E-state index contributed by atoms with van der Waals surface area (Å²) in [5.41, 5.74) is 0. The molecule has 92 valence electrons. The van der Waals surface area contributed by atoms with Gasteiger partial charge in [0, 0.05) is 19.6 Å². The summed E-state index contributed by atoms with van der Waals surface area (Å²) in [5, 5.41) is 8.84. The van der Waals surface area contributed by atoms with Crippen LogP contribution in [0.1, 0.15) is 13.3 Å². The SMILES string of the molecule is CC(C(=O)O)N1CCCN(C)CC1.Cl.Cl. The molecule has 0 aromatic heterocycles. The van der Waals surface area contributed by atoms with Crippen LogP contribution in [0.5, 0.6) is 0 Å². The zero-order valence-electron chi connectivity index (χ0n) is 9.18. The maximum atomic E-state index is 10.7. The van der Waals surface area contributed by atoms with E-state index < -0.39 is 5.97 Å². The molecule has 1 rings (SSSR count). The van der Waals surface area contributed by atoms with E-state index >= 15 is 0 Å². The van der Waals surface area contributed by atoms with Crippen molar-refractivity contribution >= 4 is 30.8 Å². The van der Waals surface area contributed by atoms with E-state index in [0.29, 0.717) is 0 Å². The van der Waals surface area contributed by atoms with Crippen LogP contribution in [-0.2, 0) is 4.79 Å². The van der Waals surface area contributed by atoms with E-state index in [2.05, 4.69) is 11.9 Å². The number of hydrogen-bond donors (Lipinski definition) is 1. The monoisotopic (exact) mass is 258 g/mol. The molecule has 6 heteroatoms. The van der Waals surface area contributed by atoms with Crippen LogP contribution in [0.2, 0.25) is 0 Å². The summed E-state index contributed by atoms with van der Waals surface area (Å²) in [4.78, 5) is 15.0. The van der Waals surface area contributed by atoms with E-state index in [-0.39, 0.29) is 30.9 Å². The Morgan fingerprint density at radius 1 is 1.20 bits per heavy atom. The lowest BCUT2D eigenvalue weighted by molar-refractivity contribution is -0.142. The van der Waals surface area contributed by atoms with Gasteiger partial charge in [-0.2, -0.15) is 0 Å². The molecule has 0 aliphatic carbocycles. The summed E-state index contributed by atoms with van der Waals surface area (Å²) in [5.74, 6) is -0.718. The van der Waals surface area contributed by atoms with Gasteiger partial charge in [0.2, 0.25) is 0 Å². The van der Waals surface area contributed by atoms with Crippen molar-refractivity contribution in [3.63, 3.8) is 0 Å². The molecule has 0 aromatic rings. The van der Waals surface area contributed by atoms with Crippen LogP contribution in [0.3, 0.4) is 0 Å². The second-order valence-corrected chi connectivity index (χ2v) is 3.71. The number of likely N-dealkylation sites (N-methyl/N-ethyl adjacent to an activating group) is 1. The number of halogens is 2. The quantitative estimate of drug-likeness (QED) is 0.801. The first-order valence-electron chi connectivity index (χ1n) is 4.76. The molecule has 1 aliphatic rings. The highest BCUT2D eigenvalue weighted by atomic mass is 35.5. The minimum atomic E-state index is -0.718. The molecule has 0 amide bonds. The number of hydrogen-bond acceptors (Lipinski definition) is 3. The van der Waals surface area contributed by atoms with Crippen molar-refractivity contribution in [2.45, 2.75) is 19.4 Å². The van der Waals surface area contributed by atoms with Crippen molar-refractivity contribution in [2.24, 2.45) is 0 Å². The predicted molar refractivity (Wildman–Crippen MR) is 65.3 cm³/mol. The Hall–Kier alpha value is -0.0300. The number of aliphatic carboxylic acids is 1. The van der Waals surface area contributed by atoms with Gasteiger partial charge in [-0.3, -0.25) is 9.69 Å². The second-order valence-electron chi connectivity index (χ2n) is 3.71. The topological polar surface area (TPSA) is 43.8 Å². The molecule has 1 saturated heterocycles. The fourth-order valence-corrected chi connectivity index (χ4v) is 1.61. The molecular weight excluding hydrogens is 239 g/mol. The Balaban J connectivity index is 0. The zero-order chi connectivity index (χ0) is 9.84. The number of rotatable bonds is 2. The van der Waals surface area contributed by atoms with Gasteiger partial charge in [0.15, 0.2) is 0 Å². The van der Waals surface area contributed by atoms with E-state index in [1.165, 1.54) is 0 Å². The minimum Gasteiger partial charge on any atom is -0.480 e. The highest BCUT2D eigenvalue weighted by Gasteiger charge is 2.21. The smallest absolute Gasteiger partial charge is 0.320 e. The lowest BCUT2D eigenvalue weighted by Gasteiger charge is -2.23. The Kier molecular flexibility index (Phi) is 9.45. The van der Waals surface area contributed by atoms with E-state index in [1.54, 1.807) is 6.92 Å². The normalized spacial score (nSPS) is 20.7. The third-order valence-corrected chi connectivity index (χ3v) is 2.66. The molecule has 0 bridgehead atoms. The number of carbonyl (C=O) groups is 1. The molecule has 0 saturated carbocycles. The van der Waals surface area contributed by atoms with Gasteiger partial charge in [0.1, 0.15) is 6.04 Å². The third kappa shape index (κ3) is 5.56. The summed E-state index contributed by atoms with van der Waals surface area (Å²) in [6.45, 7) is 5.57. The second kappa shape index (κ2) is 8.16. The first kappa shape index (κ1) is 17.4. The molecule has 1 aliphatic heterocycles. The molecule has 0 radical (unpaired) electrons. The van der Waals surface area contributed by atoms with Crippen molar-refractivity contribution in [3.8, 4) is 0 Å². The molecule has 0 spiro atoms. The Labute approximate surface area is 103 Å². The fraction of sp³-hybridized carbons (Fsp3) is 0.889. The summed E-state index contributed by atoms with van der Waals surface area (Å²) in [6.07, 6.45) is 1.06. The zero-order valence-corrected chi connectivity index (χ0v) is 10.8. The summed E-state index contributed by atoms with van der Waals surface area (Å²) in [7, 11) is 2.08. The Morgan fingerprint density at radius 3 is 2.33 bits per heavy atom. The lowest BCUT2D eigenvalue weighted by atomic mass is 10.2. The van der Waals surface area contributed by atoms with Gasteiger partial charge in [0.25, 0.3) is 0 Å². The number of carboxylic acids is 1. The van der Waals surface area contributed by atoms with E-state index in [9.17, 15) is 4.79 Å². The van der Waals surface area contributed by atoms with Gasteiger partial charge < -0.3 is 10.0 Å². The van der Waals surface area contributed by atoms with Crippen LogP contribution in [0.25, 0.3) is 0 Å². The lowest BCUT2D eigenvalue weighted by Crippen LogP contribution is -2.41. The fourth-order valence-electron chi connectivity index (χ4n) is 1.61. The first-order chi connectivity index (χ1) is 6.11. The van der Waals surface area contributed by atoms with Crippen LogP contribution < -0.4 is 0 Å². The van der Waals surface area contributed by atoms with Gasteiger partial charge in [-0.05, 0) is 26.9 Å². The average molecular weight is 259 g/mol. The summed E-state index contributed by atoms with van der Waals surface area (Å²) < 4.78 is 0. The largest absolute Gasteiger partial charge is 0.480 e. The van der Waals surface area contributed by atoms with E-state index in [4.69, 9.17) is 5.11 Å². The number of nitrogens with zero attached hydrogens (tertiary/aromatic N) is 2. The van der Waals surface area contributed by atoms with Gasteiger partial charge in [-0.1, -0.05) is 0 Å². The highest BCUT2D eigenvalue weighted by Crippen LogP contribution is 2.05. The van der Waals surface area contributed by atoms with E-state index in [0.717, 1.165) is 32.6 Å². The van der Waals surface area contributed by atoms with Gasteiger partial charge in [0.05, 0.1) is 0 Å². The Bertz CT molecular complexity index is 193. The van der Waals surface area contributed by atoms with Crippen molar-refractivity contribution in [2.75, 3.05) is 33.2 Å². The molecule has 0 aromatic carbocycles. The van der Waals surface area contributed by atoms with Crippen LogP contribution >= 0.6 is 24.8 Å². The van der Waals surface area contributed by atoms with Gasteiger partial charge in [-0.25, -0.2) is 0 Å². The molecular formula is C9H20Cl2N2O2. The third-order valence-electron chi connectivity index (χ3n) is 2.66. The molecule has 1 unspecified atom stereocenters. The standard InChI is InChI=1S/C9H18N2O2.2ClH/c1-8(9(12)13)11-5-3-4-10(2)6-7-11;;/h8H,3-7H2,1-2H3,(H,12,13);2*1H. The predicted octanol–water partition coefficient (Wildman–Crippen LogP) is 0.941. The van der Waals surface area contributed by atoms with Crippen molar-refractivity contribution < 1.29 is 9.90 Å². The molecule has 1 fully saturated rings. The molecule has 1 heterocycles. The van der Waals surface area contributed by atoms with Crippen molar-refractivity contribution in [1.82, 2.24) is 9.80 Å². The van der Waals surface area contributed by atoms with Crippen LogP contribution in [0.4, 0.5) is 0 Å².